The summed E-state index contributed by atoms with van der Waals surface area (Å²) < 4.78 is 1.76. The van der Waals surface area contributed by atoms with Gasteiger partial charge in [-0.2, -0.15) is 9.50 Å². The molecule has 0 saturated carbocycles. The van der Waals surface area contributed by atoms with Crippen LogP contribution in [-0.4, -0.2) is 19.6 Å². The van der Waals surface area contributed by atoms with Crippen LogP contribution in [0.4, 0.5) is 5.95 Å². The molecular weight excluding hydrogens is 294 g/mol. The number of hydrogen-bond acceptors (Lipinski definition) is 5. The van der Waals surface area contributed by atoms with Crippen molar-refractivity contribution in [2.24, 2.45) is 0 Å². The van der Waals surface area contributed by atoms with Crippen molar-refractivity contribution in [2.75, 3.05) is 5.32 Å². The average Bonchev–Trinajstić information content (AvgIpc) is 3.17. The van der Waals surface area contributed by atoms with Crippen LogP contribution in [0.5, 0.6) is 0 Å². The molecule has 4 aromatic rings. The Morgan fingerprint density at radius 1 is 1.18 bits per heavy atom. The van der Waals surface area contributed by atoms with Gasteiger partial charge >= 0.3 is 0 Å². The minimum atomic E-state index is 0.527. The van der Waals surface area contributed by atoms with Crippen molar-refractivity contribution in [3.63, 3.8) is 0 Å². The maximum atomic E-state index is 4.60. The standard InChI is InChI=1S/C16H13N5S/c1-10(14-8-5-9-22-14)17-16-19-15-12-6-3-4-7-13(12)18-11(2)21(15)20-16/h3-9H,1H2,2H3,(H,17,20). The Balaban J connectivity index is 1.82. The highest BCUT2D eigenvalue weighted by Crippen LogP contribution is 2.22. The number of fused-ring (bicyclic) bond motifs is 3. The van der Waals surface area contributed by atoms with E-state index in [4.69, 9.17) is 0 Å². The summed E-state index contributed by atoms with van der Waals surface area (Å²) in [5.74, 6) is 1.33. The molecule has 0 aliphatic carbocycles. The second-order valence-electron chi connectivity index (χ2n) is 4.93. The van der Waals surface area contributed by atoms with Gasteiger partial charge in [-0.25, -0.2) is 4.98 Å². The van der Waals surface area contributed by atoms with Crippen LogP contribution in [0.25, 0.3) is 22.2 Å². The summed E-state index contributed by atoms with van der Waals surface area (Å²) in [6.45, 7) is 5.96. The van der Waals surface area contributed by atoms with Crippen molar-refractivity contribution in [2.45, 2.75) is 6.92 Å². The van der Waals surface area contributed by atoms with Crippen molar-refractivity contribution >= 4 is 39.5 Å². The minimum Gasteiger partial charge on any atom is -0.322 e. The van der Waals surface area contributed by atoms with E-state index in [1.54, 1.807) is 15.9 Å². The zero-order valence-electron chi connectivity index (χ0n) is 11.9. The molecular formula is C16H13N5S. The Morgan fingerprint density at radius 2 is 2.05 bits per heavy atom. The molecule has 0 bridgehead atoms. The summed E-state index contributed by atoms with van der Waals surface area (Å²) in [6.07, 6.45) is 0. The predicted octanol–water partition coefficient (Wildman–Crippen LogP) is 3.73. The van der Waals surface area contributed by atoms with Gasteiger partial charge in [-0.3, -0.25) is 0 Å². The summed E-state index contributed by atoms with van der Waals surface area (Å²) >= 11 is 1.63. The number of para-hydroxylation sites is 1. The van der Waals surface area contributed by atoms with E-state index >= 15 is 0 Å². The minimum absolute atomic E-state index is 0.527. The number of aromatic nitrogens is 4. The number of nitrogens with one attached hydrogen (secondary N) is 1. The largest absolute Gasteiger partial charge is 0.322 e. The number of thiophene rings is 1. The van der Waals surface area contributed by atoms with Gasteiger partial charge in [-0.05, 0) is 30.5 Å². The maximum absolute atomic E-state index is 4.60. The quantitative estimate of drug-likeness (QED) is 0.626. The zero-order chi connectivity index (χ0) is 15.1. The molecule has 0 fully saturated rings. The fourth-order valence-electron chi connectivity index (χ4n) is 2.39. The number of anilines is 1. The van der Waals surface area contributed by atoms with Crippen molar-refractivity contribution in [3.8, 4) is 0 Å². The Hall–Kier alpha value is -2.73. The molecule has 6 heteroatoms. The number of hydrogen-bond donors (Lipinski definition) is 1. The molecule has 0 aliphatic rings. The lowest BCUT2D eigenvalue weighted by molar-refractivity contribution is 0.880. The highest BCUT2D eigenvalue weighted by Gasteiger charge is 2.11. The van der Waals surface area contributed by atoms with E-state index in [9.17, 15) is 0 Å². The van der Waals surface area contributed by atoms with Gasteiger partial charge < -0.3 is 5.32 Å². The van der Waals surface area contributed by atoms with E-state index in [1.165, 1.54) is 0 Å². The number of nitrogens with zero attached hydrogens (tertiary/aromatic N) is 4. The first-order valence-corrected chi connectivity index (χ1v) is 7.72. The lowest BCUT2D eigenvalue weighted by atomic mass is 10.2. The third kappa shape index (κ3) is 2.05. The van der Waals surface area contributed by atoms with Crippen LogP contribution in [0, 0.1) is 6.92 Å². The smallest absolute Gasteiger partial charge is 0.247 e. The predicted molar refractivity (Wildman–Crippen MR) is 90.0 cm³/mol. The summed E-state index contributed by atoms with van der Waals surface area (Å²) in [5.41, 5.74) is 2.51. The number of aryl methyl sites for hydroxylation is 1. The van der Waals surface area contributed by atoms with Gasteiger partial charge in [-0.15, -0.1) is 16.4 Å². The number of rotatable bonds is 3. The Bertz CT molecular complexity index is 985. The van der Waals surface area contributed by atoms with E-state index in [2.05, 4.69) is 27.0 Å². The zero-order valence-corrected chi connectivity index (χ0v) is 12.8. The van der Waals surface area contributed by atoms with Crippen LogP contribution in [0.15, 0.2) is 48.4 Å². The molecule has 0 atom stereocenters. The van der Waals surface area contributed by atoms with Crippen LogP contribution >= 0.6 is 11.3 Å². The molecule has 5 nitrogen and oxygen atoms in total. The molecule has 0 radical (unpaired) electrons. The van der Waals surface area contributed by atoms with Crippen LogP contribution in [0.1, 0.15) is 10.7 Å². The topological polar surface area (TPSA) is 55.1 Å². The first-order chi connectivity index (χ1) is 10.7. The fourth-order valence-corrected chi connectivity index (χ4v) is 3.05. The molecule has 1 N–H and O–H groups in total. The lowest BCUT2D eigenvalue weighted by Gasteiger charge is -2.01. The second kappa shape index (κ2) is 4.92. The van der Waals surface area contributed by atoms with E-state index in [0.29, 0.717) is 5.95 Å². The van der Waals surface area contributed by atoms with Gasteiger partial charge in [0.05, 0.1) is 11.2 Å². The SMILES string of the molecule is C=C(Nc1nc2c3ccccc3nc(C)n2n1)c1cccs1. The molecule has 0 unspecified atom stereocenters. The van der Waals surface area contributed by atoms with E-state index < -0.39 is 0 Å². The second-order valence-corrected chi connectivity index (χ2v) is 5.88. The normalized spacial score (nSPS) is 11.1. The van der Waals surface area contributed by atoms with E-state index in [1.807, 2.05) is 48.7 Å². The molecule has 0 spiro atoms. The van der Waals surface area contributed by atoms with Crippen molar-refractivity contribution in [3.05, 3.63) is 59.1 Å². The van der Waals surface area contributed by atoms with Gasteiger partial charge in [0.1, 0.15) is 5.82 Å². The average molecular weight is 307 g/mol. The number of benzene rings is 1. The fraction of sp³-hybridized carbons (Fsp3) is 0.0625. The summed E-state index contributed by atoms with van der Waals surface area (Å²) in [5, 5.41) is 10.7. The molecule has 0 amide bonds. The first kappa shape index (κ1) is 13.0. The molecule has 3 heterocycles. The monoisotopic (exact) mass is 307 g/mol. The Labute approximate surface area is 131 Å². The maximum Gasteiger partial charge on any atom is 0.247 e. The van der Waals surface area contributed by atoms with Gasteiger partial charge in [0.15, 0.2) is 5.65 Å². The van der Waals surface area contributed by atoms with Crippen LogP contribution in [0.3, 0.4) is 0 Å². The van der Waals surface area contributed by atoms with E-state index in [-0.39, 0.29) is 0 Å². The lowest BCUT2D eigenvalue weighted by Crippen LogP contribution is -2.00. The highest BCUT2D eigenvalue weighted by atomic mass is 32.1. The molecule has 0 saturated heterocycles. The molecule has 108 valence electrons. The van der Waals surface area contributed by atoms with Gasteiger partial charge in [0.2, 0.25) is 5.95 Å². The highest BCUT2D eigenvalue weighted by molar-refractivity contribution is 7.11. The van der Waals surface area contributed by atoms with Crippen LogP contribution in [-0.2, 0) is 0 Å². The first-order valence-electron chi connectivity index (χ1n) is 6.84. The van der Waals surface area contributed by atoms with Crippen molar-refractivity contribution in [1.82, 2.24) is 19.6 Å². The third-order valence-corrected chi connectivity index (χ3v) is 4.35. The van der Waals surface area contributed by atoms with E-state index in [0.717, 1.165) is 32.9 Å². The third-order valence-electron chi connectivity index (χ3n) is 3.42. The van der Waals surface area contributed by atoms with Crippen molar-refractivity contribution in [1.29, 1.82) is 0 Å². The van der Waals surface area contributed by atoms with Gasteiger partial charge in [-0.1, -0.05) is 24.8 Å². The molecule has 3 aromatic heterocycles. The van der Waals surface area contributed by atoms with Crippen LogP contribution < -0.4 is 5.32 Å². The Morgan fingerprint density at radius 3 is 2.86 bits per heavy atom. The van der Waals surface area contributed by atoms with Crippen molar-refractivity contribution < 1.29 is 0 Å². The summed E-state index contributed by atoms with van der Waals surface area (Å²) in [6, 6.07) is 11.9. The summed E-state index contributed by atoms with van der Waals surface area (Å²) in [4.78, 5) is 10.2. The Kier molecular flexibility index (Phi) is 2.90. The van der Waals surface area contributed by atoms with Gasteiger partial charge in [0, 0.05) is 10.3 Å². The molecule has 4 rings (SSSR count). The van der Waals surface area contributed by atoms with Crippen LogP contribution in [0.2, 0.25) is 0 Å². The molecule has 0 aliphatic heterocycles. The molecule has 1 aromatic carbocycles. The molecule has 22 heavy (non-hydrogen) atoms. The van der Waals surface area contributed by atoms with Gasteiger partial charge in [0.25, 0.3) is 0 Å². The summed E-state index contributed by atoms with van der Waals surface area (Å²) in [7, 11) is 0.